The molecular weight excluding hydrogens is 256 g/mol. The standard InChI is InChI=1S/C20H20O/c1-20(2,3)18-12-9-17(10-13-18)15-19(21)14-11-16-7-5-4-6-8-16/h4-10,12-13H,15H2,1-3H3. The number of carbonyl (C=O) groups excluding carboxylic acids is 1. The Balaban J connectivity index is 2.02. The zero-order chi connectivity index (χ0) is 15.3. The molecule has 0 amide bonds. The summed E-state index contributed by atoms with van der Waals surface area (Å²) in [6.07, 6.45) is 0.365. The van der Waals surface area contributed by atoms with E-state index in [0.29, 0.717) is 6.42 Å². The van der Waals surface area contributed by atoms with E-state index in [-0.39, 0.29) is 11.2 Å². The monoisotopic (exact) mass is 276 g/mol. The predicted molar refractivity (Wildman–Crippen MR) is 87.2 cm³/mol. The van der Waals surface area contributed by atoms with Gasteiger partial charge in [-0.3, -0.25) is 4.79 Å². The van der Waals surface area contributed by atoms with Crippen LogP contribution in [0.1, 0.15) is 37.5 Å². The highest BCUT2D eigenvalue weighted by Gasteiger charge is 2.13. The molecule has 0 aliphatic heterocycles. The number of hydrogen-bond acceptors (Lipinski definition) is 1. The van der Waals surface area contributed by atoms with E-state index in [4.69, 9.17) is 0 Å². The average molecular weight is 276 g/mol. The molecule has 0 atom stereocenters. The summed E-state index contributed by atoms with van der Waals surface area (Å²) >= 11 is 0. The minimum absolute atomic E-state index is 0.0534. The maximum absolute atomic E-state index is 11.9. The lowest BCUT2D eigenvalue weighted by atomic mass is 9.86. The summed E-state index contributed by atoms with van der Waals surface area (Å²) in [6, 6.07) is 17.8. The van der Waals surface area contributed by atoms with Gasteiger partial charge in [-0.1, -0.05) is 69.2 Å². The molecule has 106 valence electrons. The van der Waals surface area contributed by atoms with Crippen molar-refractivity contribution in [1.82, 2.24) is 0 Å². The Morgan fingerprint density at radius 3 is 2.14 bits per heavy atom. The van der Waals surface area contributed by atoms with Crippen LogP contribution in [0.15, 0.2) is 54.6 Å². The van der Waals surface area contributed by atoms with Gasteiger partial charge in [0.05, 0.1) is 0 Å². The zero-order valence-corrected chi connectivity index (χ0v) is 12.8. The van der Waals surface area contributed by atoms with Crippen molar-refractivity contribution >= 4 is 5.78 Å². The van der Waals surface area contributed by atoms with Gasteiger partial charge in [-0.15, -0.1) is 0 Å². The second-order valence-corrected chi connectivity index (χ2v) is 6.16. The van der Waals surface area contributed by atoms with Gasteiger partial charge in [0.2, 0.25) is 5.78 Å². The third-order valence-electron chi connectivity index (χ3n) is 3.30. The van der Waals surface area contributed by atoms with Crippen molar-refractivity contribution < 1.29 is 4.79 Å². The largest absolute Gasteiger partial charge is 0.285 e. The van der Waals surface area contributed by atoms with Gasteiger partial charge < -0.3 is 0 Å². The molecule has 1 heteroatoms. The molecule has 0 saturated carbocycles. The first-order valence-corrected chi connectivity index (χ1v) is 7.14. The second kappa shape index (κ2) is 6.41. The van der Waals surface area contributed by atoms with E-state index in [0.717, 1.165) is 11.1 Å². The highest BCUT2D eigenvalue weighted by molar-refractivity contribution is 5.97. The molecule has 0 radical (unpaired) electrons. The van der Waals surface area contributed by atoms with Gasteiger partial charge in [0, 0.05) is 12.0 Å². The minimum atomic E-state index is -0.0534. The molecule has 0 aliphatic rings. The summed E-state index contributed by atoms with van der Waals surface area (Å²) < 4.78 is 0. The molecule has 0 unspecified atom stereocenters. The molecule has 2 aromatic carbocycles. The molecule has 2 rings (SSSR count). The number of carbonyl (C=O) groups is 1. The first-order valence-electron chi connectivity index (χ1n) is 7.14. The topological polar surface area (TPSA) is 17.1 Å². The lowest BCUT2D eigenvalue weighted by Gasteiger charge is -2.18. The summed E-state index contributed by atoms with van der Waals surface area (Å²) in [5.74, 6) is 5.55. The van der Waals surface area contributed by atoms with Crippen LogP contribution in [-0.2, 0) is 16.6 Å². The van der Waals surface area contributed by atoms with Crippen molar-refractivity contribution in [2.45, 2.75) is 32.6 Å². The number of hydrogen-bond donors (Lipinski definition) is 0. The van der Waals surface area contributed by atoms with Gasteiger partial charge in [0.15, 0.2) is 0 Å². The summed E-state index contributed by atoms with van der Waals surface area (Å²) in [5.41, 5.74) is 3.29. The first-order chi connectivity index (χ1) is 9.95. The minimum Gasteiger partial charge on any atom is -0.285 e. The van der Waals surface area contributed by atoms with Gasteiger partial charge in [-0.25, -0.2) is 0 Å². The molecule has 0 spiro atoms. The maximum atomic E-state index is 11.9. The summed E-state index contributed by atoms with van der Waals surface area (Å²) in [6.45, 7) is 6.54. The van der Waals surface area contributed by atoms with Gasteiger partial charge in [0.25, 0.3) is 0 Å². The highest BCUT2D eigenvalue weighted by atomic mass is 16.1. The fourth-order valence-electron chi connectivity index (χ4n) is 2.02. The van der Waals surface area contributed by atoms with Gasteiger partial charge in [0.1, 0.15) is 0 Å². The molecule has 0 aliphatic carbocycles. The maximum Gasteiger partial charge on any atom is 0.210 e. The van der Waals surface area contributed by atoms with Crippen molar-refractivity contribution in [3.05, 3.63) is 71.3 Å². The summed E-state index contributed by atoms with van der Waals surface area (Å²) in [7, 11) is 0. The first kappa shape index (κ1) is 15.1. The van der Waals surface area contributed by atoms with E-state index in [9.17, 15) is 4.79 Å². The van der Waals surface area contributed by atoms with Crippen molar-refractivity contribution in [3.63, 3.8) is 0 Å². The van der Waals surface area contributed by atoms with Crippen LogP contribution in [0, 0.1) is 11.8 Å². The lowest BCUT2D eigenvalue weighted by molar-refractivity contribution is -0.113. The van der Waals surface area contributed by atoms with Crippen molar-refractivity contribution in [2.24, 2.45) is 0 Å². The molecular formula is C20H20O. The van der Waals surface area contributed by atoms with Crippen LogP contribution in [0.25, 0.3) is 0 Å². The molecule has 1 nitrogen and oxygen atoms in total. The normalized spacial score (nSPS) is 10.6. The van der Waals surface area contributed by atoms with E-state index >= 15 is 0 Å². The molecule has 0 fully saturated rings. The fourth-order valence-corrected chi connectivity index (χ4v) is 2.02. The van der Waals surface area contributed by atoms with E-state index in [1.807, 2.05) is 42.5 Å². The van der Waals surface area contributed by atoms with Gasteiger partial charge >= 0.3 is 0 Å². The molecule has 2 aromatic rings. The van der Waals surface area contributed by atoms with E-state index in [2.05, 4.69) is 44.7 Å². The molecule has 0 saturated heterocycles. The Kier molecular flexibility index (Phi) is 4.60. The SMILES string of the molecule is CC(C)(C)c1ccc(CC(=O)C#Cc2ccccc2)cc1. The van der Waals surface area contributed by atoms with E-state index in [1.54, 1.807) is 0 Å². The Bertz CT molecular complexity index is 662. The van der Waals surface area contributed by atoms with Crippen LogP contribution in [0.4, 0.5) is 0 Å². The van der Waals surface area contributed by atoms with Crippen molar-refractivity contribution in [2.75, 3.05) is 0 Å². The van der Waals surface area contributed by atoms with Crippen LogP contribution in [0.2, 0.25) is 0 Å². The number of benzene rings is 2. The van der Waals surface area contributed by atoms with E-state index in [1.165, 1.54) is 5.56 Å². The number of rotatable bonds is 2. The third kappa shape index (κ3) is 4.61. The van der Waals surface area contributed by atoms with Crippen LogP contribution in [0.3, 0.4) is 0 Å². The smallest absolute Gasteiger partial charge is 0.210 e. The van der Waals surface area contributed by atoms with Crippen LogP contribution in [0.5, 0.6) is 0 Å². The van der Waals surface area contributed by atoms with Crippen LogP contribution in [-0.4, -0.2) is 5.78 Å². The fraction of sp³-hybridized carbons (Fsp3) is 0.250. The zero-order valence-electron chi connectivity index (χ0n) is 12.8. The highest BCUT2D eigenvalue weighted by Crippen LogP contribution is 2.22. The van der Waals surface area contributed by atoms with Crippen LogP contribution >= 0.6 is 0 Å². The Morgan fingerprint density at radius 2 is 1.57 bits per heavy atom. The van der Waals surface area contributed by atoms with Gasteiger partial charge in [-0.05, 0) is 34.6 Å². The second-order valence-electron chi connectivity index (χ2n) is 6.16. The molecule has 0 aromatic heterocycles. The molecule has 0 N–H and O–H groups in total. The Labute approximate surface area is 127 Å². The van der Waals surface area contributed by atoms with Gasteiger partial charge in [-0.2, -0.15) is 0 Å². The summed E-state index contributed by atoms with van der Waals surface area (Å²) in [5, 5.41) is 0. The summed E-state index contributed by atoms with van der Waals surface area (Å²) in [4.78, 5) is 11.9. The van der Waals surface area contributed by atoms with Crippen LogP contribution < -0.4 is 0 Å². The van der Waals surface area contributed by atoms with E-state index < -0.39 is 0 Å². The van der Waals surface area contributed by atoms with Crippen molar-refractivity contribution in [1.29, 1.82) is 0 Å². The van der Waals surface area contributed by atoms with Crippen molar-refractivity contribution in [3.8, 4) is 11.8 Å². The Morgan fingerprint density at radius 1 is 0.952 bits per heavy atom. The Hall–Kier alpha value is -2.33. The lowest BCUT2D eigenvalue weighted by Crippen LogP contribution is -2.11. The number of Topliss-reactive ketones (excluding diaryl/α,β-unsaturated/α-hetero) is 1. The predicted octanol–water partition coefficient (Wildman–Crippen LogP) is 4.15. The molecule has 21 heavy (non-hydrogen) atoms. The third-order valence-corrected chi connectivity index (χ3v) is 3.30. The number of ketones is 1. The molecule has 0 bridgehead atoms. The quantitative estimate of drug-likeness (QED) is 0.753. The molecule has 0 heterocycles. The average Bonchev–Trinajstić information content (AvgIpc) is 2.46.